The largest absolute Gasteiger partial charge is 0.388 e. The lowest BCUT2D eigenvalue weighted by Gasteiger charge is -2.51. The zero-order chi connectivity index (χ0) is 15.1. The molecule has 3 nitrogen and oxygen atoms in total. The molecule has 2 aliphatic rings. The van der Waals surface area contributed by atoms with Gasteiger partial charge in [-0.15, -0.1) is 0 Å². The van der Waals surface area contributed by atoms with Crippen LogP contribution in [-0.2, 0) is 16.6 Å². The lowest BCUT2D eigenvalue weighted by atomic mass is 9.57. The molecule has 0 spiro atoms. The van der Waals surface area contributed by atoms with E-state index in [4.69, 9.17) is 4.74 Å². The van der Waals surface area contributed by atoms with E-state index >= 15 is 0 Å². The number of ether oxygens (including phenoxy) is 1. The van der Waals surface area contributed by atoms with Crippen LogP contribution in [0.25, 0.3) is 0 Å². The molecule has 1 aromatic rings. The Bertz CT molecular complexity index is 589. The average molecular weight is 285 g/mol. The van der Waals surface area contributed by atoms with Crippen LogP contribution in [0.4, 0.5) is 0 Å². The number of aliphatic hydroxyl groups is 1. The highest BCUT2D eigenvalue weighted by Gasteiger charge is 2.57. The van der Waals surface area contributed by atoms with Crippen molar-refractivity contribution in [1.82, 2.24) is 0 Å². The van der Waals surface area contributed by atoms with Gasteiger partial charge in [0.15, 0.2) is 0 Å². The number of fused-ring (bicyclic) bond motifs is 1. The van der Waals surface area contributed by atoms with Crippen LogP contribution >= 0.6 is 0 Å². The molecule has 0 bridgehead atoms. The third-order valence-corrected chi connectivity index (χ3v) is 5.19. The Morgan fingerprint density at radius 3 is 2.71 bits per heavy atom. The van der Waals surface area contributed by atoms with E-state index in [1.807, 2.05) is 32.0 Å². The molecule has 0 radical (unpaired) electrons. The van der Waals surface area contributed by atoms with E-state index in [0.717, 1.165) is 24.8 Å². The van der Waals surface area contributed by atoms with Gasteiger partial charge in [0, 0.05) is 12.8 Å². The van der Waals surface area contributed by atoms with Crippen molar-refractivity contribution in [2.45, 2.75) is 62.6 Å². The number of nitrogens with zero attached hydrogens (tertiary/aromatic N) is 1. The summed E-state index contributed by atoms with van der Waals surface area (Å²) in [5.74, 6) is 0. The highest BCUT2D eigenvalue weighted by atomic mass is 16.5. The summed E-state index contributed by atoms with van der Waals surface area (Å²) in [7, 11) is 0. The normalized spacial score (nSPS) is 34.8. The van der Waals surface area contributed by atoms with E-state index in [9.17, 15) is 10.4 Å². The molecule has 0 amide bonds. The second kappa shape index (κ2) is 4.83. The molecule has 1 saturated heterocycles. The van der Waals surface area contributed by atoms with Crippen LogP contribution < -0.4 is 0 Å². The predicted octanol–water partition coefficient (Wildman–Crippen LogP) is 3.10. The third-order valence-electron chi connectivity index (χ3n) is 5.19. The lowest BCUT2D eigenvalue weighted by molar-refractivity contribution is -0.167. The van der Waals surface area contributed by atoms with Crippen molar-refractivity contribution in [3.8, 4) is 6.07 Å². The fraction of sp³-hybridized carbons (Fsp3) is 0.611. The average Bonchev–Trinajstić information content (AvgIpc) is 2.45. The highest BCUT2D eigenvalue weighted by molar-refractivity contribution is 5.45. The van der Waals surface area contributed by atoms with Crippen LogP contribution in [0, 0.1) is 11.3 Å². The molecule has 2 atom stereocenters. The van der Waals surface area contributed by atoms with Crippen LogP contribution in [0.1, 0.15) is 50.7 Å². The molecule has 1 N–H and O–H groups in total. The Balaban J connectivity index is 2.12. The molecule has 0 saturated carbocycles. The van der Waals surface area contributed by atoms with Crippen molar-refractivity contribution < 1.29 is 9.84 Å². The van der Waals surface area contributed by atoms with Crippen molar-refractivity contribution in [1.29, 1.82) is 5.26 Å². The van der Waals surface area contributed by atoms with Gasteiger partial charge in [-0.25, -0.2) is 0 Å². The van der Waals surface area contributed by atoms with Gasteiger partial charge in [0.05, 0.1) is 23.9 Å². The van der Waals surface area contributed by atoms with Gasteiger partial charge in [-0.05, 0) is 44.2 Å². The Kier molecular flexibility index (Phi) is 3.35. The summed E-state index contributed by atoms with van der Waals surface area (Å²) in [6.07, 6.45) is 3.71. The summed E-state index contributed by atoms with van der Waals surface area (Å²) in [5.41, 5.74) is 0.0357. The molecular weight excluding hydrogens is 262 g/mol. The number of hydrogen-bond acceptors (Lipinski definition) is 3. The lowest BCUT2D eigenvalue weighted by Crippen LogP contribution is -2.59. The zero-order valence-corrected chi connectivity index (χ0v) is 12.9. The van der Waals surface area contributed by atoms with E-state index in [-0.39, 0.29) is 5.60 Å². The molecule has 1 heterocycles. The number of aryl methyl sites for hydroxylation is 1. The third kappa shape index (κ3) is 2.18. The van der Waals surface area contributed by atoms with Crippen molar-refractivity contribution >= 4 is 0 Å². The molecule has 3 rings (SSSR count). The van der Waals surface area contributed by atoms with Gasteiger partial charge in [0.25, 0.3) is 0 Å². The molecule has 1 aromatic carbocycles. The van der Waals surface area contributed by atoms with Gasteiger partial charge in [-0.3, -0.25) is 0 Å². The predicted molar refractivity (Wildman–Crippen MR) is 80.9 cm³/mol. The first-order valence-electron chi connectivity index (χ1n) is 7.79. The number of benzene rings is 1. The minimum atomic E-state index is -1.01. The van der Waals surface area contributed by atoms with E-state index < -0.39 is 11.0 Å². The minimum absolute atomic E-state index is 0.386. The molecule has 3 heteroatoms. The van der Waals surface area contributed by atoms with Crippen LogP contribution in [0.15, 0.2) is 24.3 Å². The van der Waals surface area contributed by atoms with Crippen molar-refractivity contribution in [2.75, 3.05) is 6.61 Å². The van der Waals surface area contributed by atoms with Crippen LogP contribution in [0.2, 0.25) is 0 Å². The van der Waals surface area contributed by atoms with Gasteiger partial charge in [-0.1, -0.05) is 24.3 Å². The maximum absolute atomic E-state index is 11.4. The van der Waals surface area contributed by atoms with Crippen LogP contribution in [0.3, 0.4) is 0 Å². The topological polar surface area (TPSA) is 53.2 Å². The first-order valence-corrected chi connectivity index (χ1v) is 7.79. The Morgan fingerprint density at radius 1 is 1.24 bits per heavy atom. The van der Waals surface area contributed by atoms with E-state index in [2.05, 4.69) is 12.1 Å². The molecule has 112 valence electrons. The molecule has 1 aliphatic carbocycles. The van der Waals surface area contributed by atoms with Gasteiger partial charge >= 0.3 is 0 Å². The summed E-state index contributed by atoms with van der Waals surface area (Å²) in [4.78, 5) is 0. The van der Waals surface area contributed by atoms with Crippen molar-refractivity contribution in [2.24, 2.45) is 0 Å². The molecule has 1 aliphatic heterocycles. The maximum Gasteiger partial charge on any atom is 0.111 e. The molecular formula is C18H23NO2. The van der Waals surface area contributed by atoms with E-state index in [0.29, 0.717) is 19.4 Å². The SMILES string of the molecule is CC1(C)CC(O)(C2(C#N)CCCc3ccccc32)CCO1. The molecule has 0 aromatic heterocycles. The highest BCUT2D eigenvalue weighted by Crippen LogP contribution is 2.51. The monoisotopic (exact) mass is 285 g/mol. The van der Waals surface area contributed by atoms with Gasteiger partial charge in [0.1, 0.15) is 5.41 Å². The first-order chi connectivity index (χ1) is 9.93. The van der Waals surface area contributed by atoms with E-state index in [1.165, 1.54) is 5.56 Å². The molecule has 1 fully saturated rings. The molecule has 2 unspecified atom stereocenters. The second-order valence-corrected chi connectivity index (χ2v) is 7.09. The quantitative estimate of drug-likeness (QED) is 0.862. The standard InChI is InChI=1S/C18H23NO2/c1-16(2)12-18(20,10-11-21-16)17(13-19)9-5-7-14-6-3-4-8-15(14)17/h3-4,6,8,20H,5,7,9-12H2,1-2H3. The Labute approximate surface area is 126 Å². The van der Waals surface area contributed by atoms with Crippen molar-refractivity contribution in [3.05, 3.63) is 35.4 Å². The maximum atomic E-state index is 11.4. The fourth-order valence-corrected chi connectivity index (χ4v) is 4.24. The minimum Gasteiger partial charge on any atom is -0.388 e. The van der Waals surface area contributed by atoms with E-state index in [1.54, 1.807) is 0 Å². The van der Waals surface area contributed by atoms with Crippen molar-refractivity contribution in [3.63, 3.8) is 0 Å². The summed E-state index contributed by atoms with van der Waals surface area (Å²) < 4.78 is 5.76. The first kappa shape index (κ1) is 14.6. The number of hydrogen-bond donors (Lipinski definition) is 1. The van der Waals surface area contributed by atoms with Crippen LogP contribution in [0.5, 0.6) is 0 Å². The van der Waals surface area contributed by atoms with Gasteiger partial charge in [-0.2, -0.15) is 5.26 Å². The molecule has 21 heavy (non-hydrogen) atoms. The number of rotatable bonds is 1. The summed E-state index contributed by atoms with van der Waals surface area (Å²) >= 11 is 0. The summed E-state index contributed by atoms with van der Waals surface area (Å²) in [6, 6.07) is 10.6. The Morgan fingerprint density at radius 2 is 2.00 bits per heavy atom. The zero-order valence-electron chi connectivity index (χ0n) is 12.9. The Hall–Kier alpha value is -1.37. The van der Waals surface area contributed by atoms with Gasteiger partial charge in [0.2, 0.25) is 0 Å². The van der Waals surface area contributed by atoms with Crippen LogP contribution in [-0.4, -0.2) is 22.9 Å². The summed E-state index contributed by atoms with van der Waals surface area (Å²) in [5, 5.41) is 21.5. The fourth-order valence-electron chi connectivity index (χ4n) is 4.24. The number of nitriles is 1. The second-order valence-electron chi connectivity index (χ2n) is 7.09. The summed E-state index contributed by atoms with van der Waals surface area (Å²) in [6.45, 7) is 4.50. The smallest absolute Gasteiger partial charge is 0.111 e. The van der Waals surface area contributed by atoms with Gasteiger partial charge < -0.3 is 9.84 Å².